The first-order valence-electron chi connectivity index (χ1n) is 7.26. The van der Waals surface area contributed by atoms with Gasteiger partial charge in [-0.3, -0.25) is 0 Å². The fourth-order valence-electron chi connectivity index (χ4n) is 2.58. The van der Waals surface area contributed by atoms with E-state index in [1.165, 1.54) is 0 Å². The molecule has 0 N–H and O–H groups in total. The summed E-state index contributed by atoms with van der Waals surface area (Å²) in [5.74, 6) is 3.83. The van der Waals surface area contributed by atoms with Gasteiger partial charge in [-0.15, -0.1) is 11.5 Å². The first-order valence-corrected chi connectivity index (χ1v) is 7.26. The molecule has 0 amide bonds. The summed E-state index contributed by atoms with van der Waals surface area (Å²) in [7, 11) is 0. The molecule has 0 saturated carbocycles. The summed E-state index contributed by atoms with van der Waals surface area (Å²) in [5, 5.41) is 6.79. The van der Waals surface area contributed by atoms with Crippen LogP contribution in [0.15, 0.2) is 60.8 Å². The fourth-order valence-corrected chi connectivity index (χ4v) is 2.58. The molecule has 4 aromatic rings. The lowest BCUT2D eigenvalue weighted by molar-refractivity contribution is 0.370. The Morgan fingerprint density at radius 1 is 1.09 bits per heavy atom. The van der Waals surface area contributed by atoms with Crippen LogP contribution in [-0.4, -0.2) is 21.2 Å². The second-order valence-electron chi connectivity index (χ2n) is 5.13. The van der Waals surface area contributed by atoms with Crippen LogP contribution in [0.3, 0.4) is 0 Å². The zero-order chi connectivity index (χ0) is 15.6. The first kappa shape index (κ1) is 13.4. The summed E-state index contributed by atoms with van der Waals surface area (Å²) in [6.07, 6.45) is 7.15. The molecule has 0 atom stereocenters. The minimum atomic E-state index is 0.243. The molecule has 0 radical (unpaired) electrons. The van der Waals surface area contributed by atoms with Gasteiger partial charge in [0.1, 0.15) is 12.4 Å². The van der Waals surface area contributed by atoms with Gasteiger partial charge in [-0.05, 0) is 23.6 Å². The SMILES string of the molecule is C#CCOc1cccc(-c2nc3c4ccccc4ccn3n2)c1. The standard InChI is InChI=1S/C19H13N3O/c1-2-12-23-16-8-5-7-15(13-16)18-20-19-17-9-4-3-6-14(17)10-11-22(19)21-18/h1,3-11,13H,12H2. The van der Waals surface area contributed by atoms with Crippen molar-refractivity contribution >= 4 is 16.4 Å². The average molecular weight is 299 g/mol. The number of nitrogens with zero attached hydrogens (tertiary/aromatic N) is 3. The van der Waals surface area contributed by atoms with Gasteiger partial charge >= 0.3 is 0 Å². The largest absolute Gasteiger partial charge is 0.481 e. The van der Waals surface area contributed by atoms with Gasteiger partial charge in [-0.1, -0.05) is 42.3 Å². The molecule has 4 heteroatoms. The Kier molecular flexibility index (Phi) is 3.17. The van der Waals surface area contributed by atoms with Crippen molar-refractivity contribution in [1.82, 2.24) is 14.6 Å². The Bertz CT molecular complexity index is 1040. The average Bonchev–Trinajstić information content (AvgIpc) is 3.05. The number of rotatable bonds is 3. The molecular weight excluding hydrogens is 286 g/mol. The summed E-state index contributed by atoms with van der Waals surface area (Å²) >= 11 is 0. The minimum Gasteiger partial charge on any atom is -0.481 e. The molecule has 110 valence electrons. The van der Waals surface area contributed by atoms with E-state index in [1.54, 1.807) is 4.52 Å². The van der Waals surface area contributed by atoms with Crippen LogP contribution in [-0.2, 0) is 0 Å². The van der Waals surface area contributed by atoms with Crippen molar-refractivity contribution in [2.75, 3.05) is 6.61 Å². The van der Waals surface area contributed by atoms with Crippen LogP contribution in [0.1, 0.15) is 0 Å². The normalized spacial score (nSPS) is 10.7. The van der Waals surface area contributed by atoms with Crippen LogP contribution in [0, 0.1) is 12.3 Å². The van der Waals surface area contributed by atoms with Crippen molar-refractivity contribution in [3.63, 3.8) is 0 Å². The van der Waals surface area contributed by atoms with Gasteiger partial charge in [0.15, 0.2) is 11.5 Å². The third-order valence-corrected chi connectivity index (χ3v) is 3.64. The summed E-state index contributed by atoms with van der Waals surface area (Å²) in [4.78, 5) is 4.69. The lowest BCUT2D eigenvalue weighted by Crippen LogP contribution is -1.93. The number of hydrogen-bond donors (Lipinski definition) is 0. The third kappa shape index (κ3) is 2.39. The molecule has 2 aromatic heterocycles. The fraction of sp³-hybridized carbons (Fsp3) is 0.0526. The monoisotopic (exact) mass is 299 g/mol. The highest BCUT2D eigenvalue weighted by molar-refractivity contribution is 5.94. The van der Waals surface area contributed by atoms with Crippen molar-refractivity contribution in [2.45, 2.75) is 0 Å². The molecular formula is C19H13N3O. The molecule has 0 spiro atoms. The van der Waals surface area contributed by atoms with Crippen molar-refractivity contribution in [1.29, 1.82) is 0 Å². The second-order valence-corrected chi connectivity index (χ2v) is 5.13. The number of pyridine rings is 1. The third-order valence-electron chi connectivity index (χ3n) is 3.64. The van der Waals surface area contributed by atoms with Gasteiger partial charge in [-0.2, -0.15) is 0 Å². The number of ether oxygens (including phenoxy) is 1. The zero-order valence-corrected chi connectivity index (χ0v) is 12.3. The molecule has 0 fully saturated rings. The lowest BCUT2D eigenvalue weighted by Gasteiger charge is -2.02. The van der Waals surface area contributed by atoms with E-state index >= 15 is 0 Å². The predicted octanol–water partition coefficient (Wildman–Crippen LogP) is 3.56. The molecule has 2 aromatic carbocycles. The van der Waals surface area contributed by atoms with E-state index in [2.05, 4.69) is 28.1 Å². The quantitative estimate of drug-likeness (QED) is 0.543. The van der Waals surface area contributed by atoms with E-state index in [9.17, 15) is 0 Å². The van der Waals surface area contributed by atoms with Crippen LogP contribution in [0.25, 0.3) is 27.8 Å². The van der Waals surface area contributed by atoms with Gasteiger partial charge in [-0.25, -0.2) is 9.50 Å². The summed E-state index contributed by atoms with van der Waals surface area (Å²) in [6, 6.07) is 17.8. The first-order chi connectivity index (χ1) is 11.3. The van der Waals surface area contributed by atoms with Gasteiger partial charge in [0.05, 0.1) is 0 Å². The maximum Gasteiger partial charge on any atom is 0.182 e. The maximum absolute atomic E-state index is 5.46. The Balaban J connectivity index is 1.83. The van der Waals surface area contributed by atoms with Crippen LogP contribution in [0.5, 0.6) is 5.75 Å². The number of terminal acetylenes is 1. The molecule has 0 saturated heterocycles. The van der Waals surface area contributed by atoms with E-state index < -0.39 is 0 Å². The molecule has 0 unspecified atom stereocenters. The Labute approximate surface area is 133 Å². The molecule has 2 heterocycles. The number of benzene rings is 2. The molecule has 23 heavy (non-hydrogen) atoms. The molecule has 0 aliphatic rings. The topological polar surface area (TPSA) is 39.4 Å². The number of aromatic nitrogens is 3. The number of fused-ring (bicyclic) bond motifs is 3. The highest BCUT2D eigenvalue weighted by atomic mass is 16.5. The molecule has 4 nitrogen and oxygen atoms in total. The molecule has 0 bridgehead atoms. The Morgan fingerprint density at radius 3 is 2.91 bits per heavy atom. The van der Waals surface area contributed by atoms with Crippen molar-refractivity contribution < 1.29 is 4.74 Å². The molecule has 4 rings (SSSR count). The zero-order valence-electron chi connectivity index (χ0n) is 12.3. The van der Waals surface area contributed by atoms with Gasteiger partial charge in [0.25, 0.3) is 0 Å². The smallest absolute Gasteiger partial charge is 0.182 e. The van der Waals surface area contributed by atoms with Crippen LogP contribution < -0.4 is 4.74 Å². The van der Waals surface area contributed by atoms with E-state index in [0.29, 0.717) is 11.6 Å². The van der Waals surface area contributed by atoms with Crippen molar-refractivity contribution in [3.8, 4) is 29.5 Å². The number of hydrogen-bond acceptors (Lipinski definition) is 3. The van der Waals surface area contributed by atoms with Gasteiger partial charge in [0, 0.05) is 17.1 Å². The van der Waals surface area contributed by atoms with Crippen LogP contribution in [0.2, 0.25) is 0 Å². The lowest BCUT2D eigenvalue weighted by atomic mass is 10.2. The van der Waals surface area contributed by atoms with E-state index in [-0.39, 0.29) is 6.61 Å². The van der Waals surface area contributed by atoms with Crippen LogP contribution >= 0.6 is 0 Å². The summed E-state index contributed by atoms with van der Waals surface area (Å²) in [6.45, 7) is 0.243. The minimum absolute atomic E-state index is 0.243. The highest BCUT2D eigenvalue weighted by Gasteiger charge is 2.09. The van der Waals surface area contributed by atoms with Crippen molar-refractivity contribution in [3.05, 3.63) is 60.8 Å². The summed E-state index contributed by atoms with van der Waals surface area (Å²) < 4.78 is 7.26. The molecule has 0 aliphatic carbocycles. The Morgan fingerprint density at radius 2 is 2.00 bits per heavy atom. The highest BCUT2D eigenvalue weighted by Crippen LogP contribution is 2.24. The van der Waals surface area contributed by atoms with E-state index in [1.807, 2.05) is 48.7 Å². The van der Waals surface area contributed by atoms with E-state index in [0.717, 1.165) is 22.0 Å². The van der Waals surface area contributed by atoms with Gasteiger partial charge < -0.3 is 4.74 Å². The second kappa shape index (κ2) is 5.47. The Hall–Kier alpha value is -3.32. The maximum atomic E-state index is 5.46. The van der Waals surface area contributed by atoms with Gasteiger partial charge in [0.2, 0.25) is 0 Å². The van der Waals surface area contributed by atoms with Crippen LogP contribution in [0.4, 0.5) is 0 Å². The van der Waals surface area contributed by atoms with E-state index in [4.69, 9.17) is 11.2 Å². The van der Waals surface area contributed by atoms with Crippen molar-refractivity contribution in [2.24, 2.45) is 0 Å². The summed E-state index contributed by atoms with van der Waals surface area (Å²) in [5.41, 5.74) is 1.74. The molecule has 0 aliphatic heterocycles. The predicted molar refractivity (Wildman–Crippen MR) is 90.3 cm³/mol.